The Labute approximate surface area is 409 Å². The van der Waals surface area contributed by atoms with E-state index in [4.69, 9.17) is 24.2 Å². The molecule has 4 N–H and O–H groups in total. The van der Waals surface area contributed by atoms with Crippen LogP contribution in [0.4, 0.5) is 16.3 Å². The summed E-state index contributed by atoms with van der Waals surface area (Å²) in [5, 5.41) is 20.5. The van der Waals surface area contributed by atoms with Gasteiger partial charge in [0.25, 0.3) is 17.7 Å². The first-order valence-electron chi connectivity index (χ1n) is 23.5. The SMILES string of the molecule is N#Cc1ccc(N[C@H]2CC[C@H](N(C(=O)NCc3ccccc3)c3ccc(-c4ccc(OCCOCCOCCNC(=O)COc5cccc6c5C(=O)N(C5CCC(=O)NC5=O)C6=O)nc4)cc3)CC2)nc1. The van der Waals surface area contributed by atoms with Gasteiger partial charge in [-0.25, -0.2) is 14.8 Å². The van der Waals surface area contributed by atoms with Crippen LogP contribution >= 0.6 is 0 Å². The number of carbonyl (C=O) groups is 6. The summed E-state index contributed by atoms with van der Waals surface area (Å²) in [6.45, 7) is 1.53. The van der Waals surface area contributed by atoms with E-state index >= 15 is 0 Å². The third-order valence-corrected chi connectivity index (χ3v) is 12.2. The average molecular weight is 964 g/mol. The van der Waals surface area contributed by atoms with Crippen molar-refractivity contribution in [2.24, 2.45) is 0 Å². The van der Waals surface area contributed by atoms with Crippen molar-refractivity contribution in [3.05, 3.63) is 132 Å². The number of fused-ring (bicyclic) bond motifs is 1. The maximum atomic E-state index is 13.9. The summed E-state index contributed by atoms with van der Waals surface area (Å²) in [6, 6.07) is 30.5. The van der Waals surface area contributed by atoms with Crippen LogP contribution in [0.15, 0.2) is 109 Å². The Morgan fingerprint density at radius 1 is 0.746 bits per heavy atom. The molecule has 1 saturated carbocycles. The van der Waals surface area contributed by atoms with Crippen molar-refractivity contribution in [1.29, 1.82) is 5.26 Å². The van der Waals surface area contributed by atoms with Gasteiger partial charge in [0.15, 0.2) is 6.61 Å². The monoisotopic (exact) mass is 963 g/mol. The van der Waals surface area contributed by atoms with E-state index in [1.807, 2.05) is 71.6 Å². The third kappa shape index (κ3) is 12.7. The van der Waals surface area contributed by atoms with Crippen LogP contribution < -0.4 is 35.6 Å². The number of urea groups is 1. The number of nitriles is 1. The van der Waals surface area contributed by atoms with Crippen LogP contribution in [0.5, 0.6) is 11.6 Å². The summed E-state index contributed by atoms with van der Waals surface area (Å²) in [6.07, 6.45) is 6.63. The molecule has 71 heavy (non-hydrogen) atoms. The molecule has 3 aromatic carbocycles. The smallest absolute Gasteiger partial charge is 0.322 e. The fraction of sp³-hybridized carbons (Fsp3) is 0.327. The fourth-order valence-corrected chi connectivity index (χ4v) is 8.62. The largest absolute Gasteiger partial charge is 0.483 e. The predicted molar refractivity (Wildman–Crippen MR) is 258 cm³/mol. The molecular formula is C52H53N9O10. The highest BCUT2D eigenvalue weighted by molar-refractivity contribution is 6.24. The van der Waals surface area contributed by atoms with E-state index in [1.54, 1.807) is 24.5 Å². The second kappa shape index (κ2) is 23.9. The van der Waals surface area contributed by atoms with Gasteiger partial charge in [-0.05, 0) is 85.7 Å². The first-order chi connectivity index (χ1) is 34.6. The number of pyridine rings is 2. The van der Waals surface area contributed by atoms with Gasteiger partial charge in [0.2, 0.25) is 17.7 Å². The zero-order valence-electron chi connectivity index (χ0n) is 38.8. The molecule has 8 rings (SSSR count). The van der Waals surface area contributed by atoms with E-state index < -0.39 is 42.2 Å². The molecule has 7 amide bonds. The first-order valence-corrected chi connectivity index (χ1v) is 23.5. The molecule has 0 bridgehead atoms. The Kier molecular flexibility index (Phi) is 16.6. The second-order valence-electron chi connectivity index (χ2n) is 17.0. The van der Waals surface area contributed by atoms with Gasteiger partial charge in [-0.1, -0.05) is 48.5 Å². The van der Waals surface area contributed by atoms with Crippen LogP contribution in [0.1, 0.15) is 70.4 Å². The van der Waals surface area contributed by atoms with Crippen LogP contribution in [0, 0.1) is 11.3 Å². The number of piperidine rings is 1. The number of hydrogen-bond donors (Lipinski definition) is 4. The molecule has 1 saturated heterocycles. The number of benzene rings is 3. The van der Waals surface area contributed by atoms with Crippen molar-refractivity contribution in [2.75, 3.05) is 56.4 Å². The van der Waals surface area contributed by atoms with E-state index in [1.165, 1.54) is 18.2 Å². The highest BCUT2D eigenvalue weighted by Gasteiger charge is 2.46. The van der Waals surface area contributed by atoms with Crippen molar-refractivity contribution in [3.8, 4) is 28.8 Å². The van der Waals surface area contributed by atoms with Crippen molar-refractivity contribution < 1.29 is 47.7 Å². The van der Waals surface area contributed by atoms with Gasteiger partial charge >= 0.3 is 6.03 Å². The van der Waals surface area contributed by atoms with Gasteiger partial charge in [0.05, 0.1) is 43.1 Å². The number of aromatic nitrogens is 2. The summed E-state index contributed by atoms with van der Waals surface area (Å²) < 4.78 is 22.5. The van der Waals surface area contributed by atoms with Crippen molar-refractivity contribution in [2.45, 2.75) is 63.2 Å². The van der Waals surface area contributed by atoms with Crippen molar-refractivity contribution >= 4 is 47.1 Å². The molecule has 3 aliphatic rings. The predicted octanol–water partition coefficient (Wildman–Crippen LogP) is 5.16. The fourth-order valence-electron chi connectivity index (χ4n) is 8.62. The van der Waals surface area contributed by atoms with Gasteiger partial charge < -0.3 is 34.9 Å². The highest BCUT2D eigenvalue weighted by Crippen LogP contribution is 2.34. The van der Waals surface area contributed by atoms with E-state index in [2.05, 4.69) is 37.3 Å². The molecule has 19 heteroatoms. The Hall–Kier alpha value is -8.21. The zero-order chi connectivity index (χ0) is 49.5. The molecule has 1 atom stereocenters. The van der Waals surface area contributed by atoms with E-state index in [0.29, 0.717) is 31.2 Å². The zero-order valence-corrected chi connectivity index (χ0v) is 38.8. The van der Waals surface area contributed by atoms with Crippen molar-refractivity contribution in [3.63, 3.8) is 0 Å². The molecule has 0 spiro atoms. The maximum Gasteiger partial charge on any atom is 0.322 e. The molecule has 366 valence electrons. The molecule has 0 radical (unpaired) electrons. The Morgan fingerprint density at radius 3 is 2.23 bits per heavy atom. The number of carbonyl (C=O) groups excluding carboxylic acids is 6. The second-order valence-corrected chi connectivity index (χ2v) is 17.0. The lowest BCUT2D eigenvalue weighted by atomic mass is 9.89. The maximum absolute atomic E-state index is 13.9. The van der Waals surface area contributed by atoms with Gasteiger partial charge in [-0.2, -0.15) is 5.26 Å². The topological polar surface area (TPSA) is 244 Å². The average Bonchev–Trinajstić information content (AvgIpc) is 3.65. The first kappa shape index (κ1) is 49.2. The molecule has 2 aromatic heterocycles. The summed E-state index contributed by atoms with van der Waals surface area (Å²) in [5.41, 5.74) is 4.16. The molecule has 2 fully saturated rings. The lowest BCUT2D eigenvalue weighted by molar-refractivity contribution is -0.136. The third-order valence-electron chi connectivity index (χ3n) is 12.2. The standard InChI is InChI=1S/C52H53N9O10/c53-29-35-9-20-44(55-31-35)58-38-13-17-40(18-14-38)60(52(67)57-30-34-5-2-1-3-6-34)39-15-10-36(11-16-39)37-12-22-47(56-32-37)70-28-27-69-26-25-68-24-23-54-46(63)33-71-43-8-4-7-41-48(43)51(66)61(50(41)65)42-19-21-45(62)59-49(42)64/h1-12,15-16,20,22,31-32,38,40,42H,13-14,17-19,21,23-28,30,33H2,(H,54,63)(H,55,58)(H,57,67)(H,59,62,64)/t38-,40-,42?. The van der Waals surface area contributed by atoms with E-state index in [0.717, 1.165) is 58.8 Å². The number of anilines is 2. The van der Waals surface area contributed by atoms with Crippen LogP contribution in [-0.4, -0.2) is 115 Å². The lowest BCUT2D eigenvalue weighted by Gasteiger charge is -2.37. The normalized spacial score (nSPS) is 17.4. The molecule has 2 aliphatic heterocycles. The number of rotatable bonds is 21. The Balaban J connectivity index is 0.723. The summed E-state index contributed by atoms with van der Waals surface area (Å²) in [4.78, 5) is 88.1. The number of nitrogens with zero attached hydrogens (tertiary/aromatic N) is 5. The number of hydrogen-bond acceptors (Lipinski definition) is 14. The Bertz CT molecular complexity index is 2730. The minimum atomic E-state index is -1.11. The summed E-state index contributed by atoms with van der Waals surface area (Å²) in [7, 11) is 0. The number of imide groups is 2. The van der Waals surface area contributed by atoms with E-state index in [9.17, 15) is 28.8 Å². The van der Waals surface area contributed by atoms with Gasteiger partial charge in [0, 0.05) is 61.3 Å². The van der Waals surface area contributed by atoms with E-state index in [-0.39, 0.29) is 74.2 Å². The number of nitrogens with one attached hydrogen (secondary N) is 4. The summed E-state index contributed by atoms with van der Waals surface area (Å²) in [5.74, 6) is -1.85. The minimum absolute atomic E-state index is 0.000518. The van der Waals surface area contributed by atoms with Gasteiger partial charge in [-0.3, -0.25) is 39.1 Å². The quantitative estimate of drug-likeness (QED) is 0.0549. The lowest BCUT2D eigenvalue weighted by Crippen LogP contribution is -2.54. The van der Waals surface area contributed by atoms with Crippen LogP contribution in [-0.2, 0) is 30.4 Å². The molecule has 1 unspecified atom stereocenters. The van der Waals surface area contributed by atoms with Crippen LogP contribution in [0.2, 0.25) is 0 Å². The van der Waals surface area contributed by atoms with Crippen LogP contribution in [0.25, 0.3) is 11.1 Å². The van der Waals surface area contributed by atoms with Crippen molar-refractivity contribution in [1.82, 2.24) is 30.8 Å². The molecular weight excluding hydrogens is 911 g/mol. The number of ether oxygens (including phenoxy) is 4. The van der Waals surface area contributed by atoms with Gasteiger partial charge in [-0.15, -0.1) is 0 Å². The minimum Gasteiger partial charge on any atom is -0.483 e. The van der Waals surface area contributed by atoms with Crippen LogP contribution in [0.3, 0.4) is 0 Å². The Morgan fingerprint density at radius 2 is 1.51 bits per heavy atom. The molecule has 1 aliphatic carbocycles. The molecule has 19 nitrogen and oxygen atoms in total. The van der Waals surface area contributed by atoms with Gasteiger partial charge in [0.1, 0.15) is 30.3 Å². The number of amides is 7. The highest BCUT2D eigenvalue weighted by atomic mass is 16.5. The molecule has 5 aromatic rings. The molecule has 4 heterocycles. The summed E-state index contributed by atoms with van der Waals surface area (Å²) >= 11 is 0.